The molecule has 6 unspecified atom stereocenters. The summed E-state index contributed by atoms with van der Waals surface area (Å²) in [7, 11) is 0. The fourth-order valence-corrected chi connectivity index (χ4v) is 5.78. The lowest BCUT2D eigenvalue weighted by Crippen LogP contribution is -2.56. The SMILES string of the molecule is CC1(C)CC2CCCC(OCCNC(=O)C3CC4C(=O)CCCC4NC3=O)C2O1. The summed E-state index contributed by atoms with van der Waals surface area (Å²) in [6.45, 7) is 5.05. The van der Waals surface area contributed by atoms with Gasteiger partial charge in [0.2, 0.25) is 11.8 Å². The fourth-order valence-electron chi connectivity index (χ4n) is 5.78. The van der Waals surface area contributed by atoms with Gasteiger partial charge >= 0.3 is 0 Å². The summed E-state index contributed by atoms with van der Waals surface area (Å²) in [5, 5.41) is 5.72. The number of amides is 2. The maximum Gasteiger partial charge on any atom is 0.232 e. The third-order valence-electron chi connectivity index (χ3n) is 7.12. The van der Waals surface area contributed by atoms with Crippen LogP contribution in [0, 0.1) is 17.8 Å². The van der Waals surface area contributed by atoms with Gasteiger partial charge in [-0.25, -0.2) is 0 Å². The molecule has 0 spiro atoms. The van der Waals surface area contributed by atoms with Crippen LogP contribution in [0.25, 0.3) is 0 Å². The maximum absolute atomic E-state index is 12.5. The molecule has 2 aliphatic heterocycles. The summed E-state index contributed by atoms with van der Waals surface area (Å²) in [6.07, 6.45) is 7.16. The Morgan fingerprint density at radius 2 is 2.07 bits per heavy atom. The lowest BCUT2D eigenvalue weighted by Gasteiger charge is -2.37. The van der Waals surface area contributed by atoms with Crippen molar-refractivity contribution in [3.63, 3.8) is 0 Å². The summed E-state index contributed by atoms with van der Waals surface area (Å²) < 4.78 is 12.3. The molecule has 4 fully saturated rings. The van der Waals surface area contributed by atoms with Crippen molar-refractivity contribution in [3.8, 4) is 0 Å². The zero-order chi connectivity index (χ0) is 20.6. The molecule has 6 atom stereocenters. The minimum Gasteiger partial charge on any atom is -0.374 e. The van der Waals surface area contributed by atoms with E-state index >= 15 is 0 Å². The molecular weight excluding hydrogens is 372 g/mol. The number of nitrogens with one attached hydrogen (secondary N) is 2. The molecular formula is C22H34N2O5. The average molecular weight is 407 g/mol. The topological polar surface area (TPSA) is 93.7 Å². The van der Waals surface area contributed by atoms with Gasteiger partial charge in [-0.1, -0.05) is 6.42 Å². The first kappa shape index (κ1) is 20.8. The van der Waals surface area contributed by atoms with Crippen molar-refractivity contribution >= 4 is 17.6 Å². The summed E-state index contributed by atoms with van der Waals surface area (Å²) >= 11 is 0. The number of carbonyl (C=O) groups is 3. The maximum atomic E-state index is 12.5. The van der Waals surface area contributed by atoms with E-state index < -0.39 is 5.92 Å². The monoisotopic (exact) mass is 406 g/mol. The summed E-state index contributed by atoms with van der Waals surface area (Å²) in [5.41, 5.74) is -0.0851. The molecule has 4 aliphatic rings. The predicted octanol–water partition coefficient (Wildman–Crippen LogP) is 1.73. The van der Waals surface area contributed by atoms with E-state index in [1.165, 1.54) is 6.42 Å². The first-order valence-electron chi connectivity index (χ1n) is 11.2. The molecule has 2 heterocycles. The van der Waals surface area contributed by atoms with Crippen LogP contribution in [0.1, 0.15) is 65.2 Å². The van der Waals surface area contributed by atoms with E-state index in [4.69, 9.17) is 9.47 Å². The van der Waals surface area contributed by atoms with Gasteiger partial charge in [0.25, 0.3) is 0 Å². The van der Waals surface area contributed by atoms with Gasteiger partial charge in [0, 0.05) is 24.9 Å². The Hall–Kier alpha value is -1.47. The number of fused-ring (bicyclic) bond motifs is 2. The van der Waals surface area contributed by atoms with Gasteiger partial charge in [0.05, 0.1) is 24.4 Å². The number of piperidine rings is 1. The number of ketones is 1. The van der Waals surface area contributed by atoms with E-state index in [-0.39, 0.29) is 47.4 Å². The van der Waals surface area contributed by atoms with E-state index in [2.05, 4.69) is 24.5 Å². The van der Waals surface area contributed by atoms with Crippen molar-refractivity contribution in [3.05, 3.63) is 0 Å². The smallest absolute Gasteiger partial charge is 0.232 e. The molecule has 7 heteroatoms. The second-order valence-electron chi connectivity index (χ2n) is 9.81. The van der Waals surface area contributed by atoms with Gasteiger partial charge in [-0.3, -0.25) is 14.4 Å². The second kappa shape index (κ2) is 8.34. The molecule has 29 heavy (non-hydrogen) atoms. The summed E-state index contributed by atoms with van der Waals surface area (Å²) in [5.74, 6) is -0.815. The highest BCUT2D eigenvalue weighted by molar-refractivity contribution is 6.02. The predicted molar refractivity (Wildman–Crippen MR) is 106 cm³/mol. The van der Waals surface area contributed by atoms with Crippen LogP contribution in [0.15, 0.2) is 0 Å². The molecule has 7 nitrogen and oxygen atoms in total. The minimum atomic E-state index is -0.781. The zero-order valence-electron chi connectivity index (χ0n) is 17.6. The Morgan fingerprint density at radius 3 is 2.90 bits per heavy atom. The molecule has 2 saturated heterocycles. The van der Waals surface area contributed by atoms with Crippen molar-refractivity contribution in [1.82, 2.24) is 10.6 Å². The molecule has 0 aromatic rings. The van der Waals surface area contributed by atoms with E-state index in [0.29, 0.717) is 31.9 Å². The van der Waals surface area contributed by atoms with Crippen molar-refractivity contribution in [2.75, 3.05) is 13.2 Å². The number of rotatable bonds is 5. The number of Topliss-reactive ketones (excluding diaryl/α,β-unsaturated/α-hetero) is 1. The van der Waals surface area contributed by atoms with Gasteiger partial charge in [-0.15, -0.1) is 0 Å². The van der Waals surface area contributed by atoms with E-state index in [1.807, 2.05) is 0 Å². The van der Waals surface area contributed by atoms with Crippen LogP contribution >= 0.6 is 0 Å². The van der Waals surface area contributed by atoms with Crippen LogP contribution in [0.5, 0.6) is 0 Å². The Bertz CT molecular complexity index is 664. The van der Waals surface area contributed by atoms with Gasteiger partial charge < -0.3 is 20.1 Å². The van der Waals surface area contributed by atoms with Crippen LogP contribution in [0.2, 0.25) is 0 Å². The lowest BCUT2D eigenvalue weighted by molar-refractivity contribution is -0.142. The number of ether oxygens (including phenoxy) is 2. The van der Waals surface area contributed by atoms with Crippen molar-refractivity contribution < 1.29 is 23.9 Å². The molecule has 162 valence electrons. The Kier molecular flexibility index (Phi) is 5.98. The Labute approximate surface area is 172 Å². The summed E-state index contributed by atoms with van der Waals surface area (Å²) in [4.78, 5) is 37.0. The van der Waals surface area contributed by atoms with E-state index in [0.717, 1.165) is 32.1 Å². The molecule has 2 aliphatic carbocycles. The van der Waals surface area contributed by atoms with Gasteiger partial charge in [-0.2, -0.15) is 0 Å². The molecule has 0 aromatic heterocycles. The molecule has 4 rings (SSSR count). The van der Waals surface area contributed by atoms with Crippen LogP contribution in [0.3, 0.4) is 0 Å². The van der Waals surface area contributed by atoms with Crippen LogP contribution in [-0.2, 0) is 23.9 Å². The second-order valence-corrected chi connectivity index (χ2v) is 9.81. The molecule has 2 saturated carbocycles. The molecule has 0 radical (unpaired) electrons. The normalized spacial score (nSPS) is 38.7. The van der Waals surface area contributed by atoms with Gasteiger partial charge in [0.1, 0.15) is 11.7 Å². The van der Waals surface area contributed by atoms with Crippen LogP contribution in [-0.4, -0.2) is 54.6 Å². The van der Waals surface area contributed by atoms with E-state index in [1.54, 1.807) is 0 Å². The third kappa shape index (κ3) is 4.50. The number of hydrogen-bond acceptors (Lipinski definition) is 5. The molecule has 0 bridgehead atoms. The van der Waals surface area contributed by atoms with Crippen LogP contribution < -0.4 is 10.6 Å². The fraction of sp³-hybridized carbons (Fsp3) is 0.864. The molecule has 2 amide bonds. The average Bonchev–Trinajstić information content (AvgIpc) is 2.99. The minimum absolute atomic E-state index is 0.0750. The van der Waals surface area contributed by atoms with Gasteiger partial charge in [0.15, 0.2) is 0 Å². The van der Waals surface area contributed by atoms with Crippen LogP contribution in [0.4, 0.5) is 0 Å². The van der Waals surface area contributed by atoms with Gasteiger partial charge in [-0.05, 0) is 58.3 Å². The quantitative estimate of drug-likeness (QED) is 0.536. The van der Waals surface area contributed by atoms with Crippen molar-refractivity contribution in [2.45, 2.75) is 89.1 Å². The first-order valence-corrected chi connectivity index (χ1v) is 11.2. The largest absolute Gasteiger partial charge is 0.374 e. The molecule has 0 aromatic carbocycles. The number of carbonyl (C=O) groups excluding carboxylic acids is 3. The zero-order valence-corrected chi connectivity index (χ0v) is 17.6. The Morgan fingerprint density at radius 1 is 1.24 bits per heavy atom. The lowest BCUT2D eigenvalue weighted by atomic mass is 9.75. The highest BCUT2D eigenvalue weighted by Crippen LogP contribution is 2.43. The summed E-state index contributed by atoms with van der Waals surface area (Å²) in [6, 6.07) is -0.0916. The standard InChI is InChI=1S/C22H34N2O5/c1-22(2)12-13-5-3-8-18(19(13)29-22)28-10-9-23-20(26)15-11-14-16(24-21(15)27)6-4-7-17(14)25/h13-16,18-19H,3-12H2,1-2H3,(H,23,26)(H,24,27). The van der Waals surface area contributed by atoms with E-state index in [9.17, 15) is 14.4 Å². The third-order valence-corrected chi connectivity index (χ3v) is 7.12. The Balaban J connectivity index is 1.23. The first-order chi connectivity index (χ1) is 13.8. The highest BCUT2D eigenvalue weighted by Gasteiger charge is 2.46. The molecule has 2 N–H and O–H groups in total. The van der Waals surface area contributed by atoms with Crippen molar-refractivity contribution in [2.24, 2.45) is 17.8 Å². The highest BCUT2D eigenvalue weighted by atomic mass is 16.6. The number of hydrogen-bond donors (Lipinski definition) is 2. The van der Waals surface area contributed by atoms with Crippen molar-refractivity contribution in [1.29, 1.82) is 0 Å².